The van der Waals surface area contributed by atoms with E-state index in [9.17, 15) is 8.42 Å². The monoisotopic (exact) mass is 303 g/mol. The zero-order valence-electron chi connectivity index (χ0n) is 12.9. The Balaban J connectivity index is 2.52. The normalized spacial score (nSPS) is 13.1. The summed E-state index contributed by atoms with van der Waals surface area (Å²) in [6.07, 6.45) is 0. The van der Waals surface area contributed by atoms with E-state index in [0.717, 1.165) is 13.1 Å². The molecule has 0 spiro atoms. The van der Waals surface area contributed by atoms with Crippen LogP contribution in [0.5, 0.6) is 0 Å². The van der Waals surface area contributed by atoms with Gasteiger partial charge < -0.3 is 14.6 Å². The molecule has 0 saturated carbocycles. The zero-order chi connectivity index (χ0) is 15.4. The van der Waals surface area contributed by atoms with Gasteiger partial charge in [0, 0.05) is 13.1 Å². The molecule has 0 bridgehead atoms. The van der Waals surface area contributed by atoms with E-state index in [-0.39, 0.29) is 10.5 Å². The third kappa shape index (κ3) is 5.24. The Labute approximate surface area is 121 Å². The Morgan fingerprint density at radius 2 is 1.95 bits per heavy atom. The van der Waals surface area contributed by atoms with Gasteiger partial charge in [0.1, 0.15) is 5.76 Å². The second kappa shape index (κ2) is 6.71. The van der Waals surface area contributed by atoms with E-state index in [4.69, 9.17) is 4.42 Å². The third-order valence-electron chi connectivity index (χ3n) is 2.82. The van der Waals surface area contributed by atoms with Gasteiger partial charge in [0.25, 0.3) is 10.0 Å². The smallest absolute Gasteiger partial charge is 0.273 e. The topological polar surface area (TPSA) is 74.6 Å². The molecule has 0 fully saturated rings. The van der Waals surface area contributed by atoms with Crippen LogP contribution >= 0.6 is 0 Å². The van der Waals surface area contributed by atoms with E-state index in [2.05, 4.69) is 28.8 Å². The first-order valence-electron chi connectivity index (χ1n) is 6.54. The first kappa shape index (κ1) is 17.2. The van der Waals surface area contributed by atoms with Crippen LogP contribution in [0.15, 0.2) is 21.6 Å². The van der Waals surface area contributed by atoms with Gasteiger partial charge in [-0.2, -0.15) is 0 Å². The van der Waals surface area contributed by atoms with Gasteiger partial charge in [-0.3, -0.25) is 0 Å². The van der Waals surface area contributed by atoms with Gasteiger partial charge >= 0.3 is 0 Å². The van der Waals surface area contributed by atoms with Gasteiger partial charge in [-0.15, -0.1) is 0 Å². The summed E-state index contributed by atoms with van der Waals surface area (Å²) >= 11 is 0. The van der Waals surface area contributed by atoms with Gasteiger partial charge in [0.15, 0.2) is 0 Å². The van der Waals surface area contributed by atoms with E-state index in [0.29, 0.717) is 12.3 Å². The predicted octanol–water partition coefficient (Wildman–Crippen LogP) is 0.865. The summed E-state index contributed by atoms with van der Waals surface area (Å²) < 4.78 is 30.6. The van der Waals surface area contributed by atoms with Crippen molar-refractivity contribution in [1.82, 2.24) is 14.9 Å². The molecule has 0 radical (unpaired) electrons. The van der Waals surface area contributed by atoms with Crippen molar-refractivity contribution in [3.8, 4) is 0 Å². The molecule has 7 heteroatoms. The quantitative estimate of drug-likeness (QED) is 0.745. The van der Waals surface area contributed by atoms with Crippen molar-refractivity contribution < 1.29 is 12.8 Å². The molecule has 0 atom stereocenters. The van der Waals surface area contributed by atoms with E-state index in [1.165, 1.54) is 13.1 Å². The van der Waals surface area contributed by atoms with Crippen molar-refractivity contribution in [3.63, 3.8) is 0 Å². The van der Waals surface area contributed by atoms with Gasteiger partial charge in [0.05, 0.1) is 6.54 Å². The minimum Gasteiger partial charge on any atom is -0.447 e. The number of rotatable bonds is 8. The van der Waals surface area contributed by atoms with Crippen molar-refractivity contribution in [1.29, 1.82) is 0 Å². The number of sulfonamides is 1. The highest BCUT2D eigenvalue weighted by molar-refractivity contribution is 7.89. The molecule has 0 aliphatic rings. The first-order chi connectivity index (χ1) is 9.16. The summed E-state index contributed by atoms with van der Waals surface area (Å²) in [4.78, 5) is 2.15. The summed E-state index contributed by atoms with van der Waals surface area (Å²) in [6.45, 7) is 6.66. The molecule has 1 aromatic rings. The molecule has 20 heavy (non-hydrogen) atoms. The van der Waals surface area contributed by atoms with E-state index < -0.39 is 10.0 Å². The Hall–Kier alpha value is -0.890. The molecule has 1 heterocycles. The lowest BCUT2D eigenvalue weighted by molar-refractivity contribution is 0.230. The first-order valence-corrected chi connectivity index (χ1v) is 8.02. The third-order valence-corrected chi connectivity index (χ3v) is 4.10. The van der Waals surface area contributed by atoms with Gasteiger partial charge in [-0.1, -0.05) is 13.8 Å². The molecule has 0 aromatic carbocycles. The molecule has 1 rings (SSSR count). The van der Waals surface area contributed by atoms with Crippen LogP contribution in [-0.4, -0.2) is 47.6 Å². The van der Waals surface area contributed by atoms with Crippen LogP contribution in [0.1, 0.15) is 19.6 Å². The van der Waals surface area contributed by atoms with Crippen molar-refractivity contribution in [2.24, 2.45) is 5.41 Å². The second-order valence-corrected chi connectivity index (χ2v) is 7.75. The Kier molecular flexibility index (Phi) is 5.76. The Morgan fingerprint density at radius 1 is 1.30 bits per heavy atom. The van der Waals surface area contributed by atoms with Crippen LogP contribution in [0.3, 0.4) is 0 Å². The van der Waals surface area contributed by atoms with Gasteiger partial charge in [-0.05, 0) is 38.7 Å². The summed E-state index contributed by atoms with van der Waals surface area (Å²) in [5.74, 6) is 0.611. The average molecular weight is 303 g/mol. The molecule has 1 aromatic heterocycles. The van der Waals surface area contributed by atoms with Crippen LogP contribution in [-0.2, 0) is 16.6 Å². The highest BCUT2D eigenvalue weighted by Crippen LogP contribution is 2.16. The number of nitrogens with zero attached hydrogens (tertiary/aromatic N) is 1. The van der Waals surface area contributed by atoms with Crippen molar-refractivity contribution in [2.75, 3.05) is 34.2 Å². The number of hydrogen-bond acceptors (Lipinski definition) is 5. The Morgan fingerprint density at radius 3 is 2.50 bits per heavy atom. The second-order valence-electron chi connectivity index (χ2n) is 5.93. The fraction of sp³-hybridized carbons (Fsp3) is 0.692. The fourth-order valence-corrected chi connectivity index (χ4v) is 2.80. The lowest BCUT2D eigenvalue weighted by Gasteiger charge is -2.28. The average Bonchev–Trinajstić information content (AvgIpc) is 2.76. The maximum absolute atomic E-state index is 11.5. The van der Waals surface area contributed by atoms with Gasteiger partial charge in [-0.25, -0.2) is 13.1 Å². The fourth-order valence-electron chi connectivity index (χ4n) is 2.13. The largest absolute Gasteiger partial charge is 0.447 e. The molecular weight excluding hydrogens is 278 g/mol. The van der Waals surface area contributed by atoms with Crippen LogP contribution in [0.4, 0.5) is 0 Å². The lowest BCUT2D eigenvalue weighted by Crippen LogP contribution is -2.37. The van der Waals surface area contributed by atoms with E-state index in [1.54, 1.807) is 6.07 Å². The van der Waals surface area contributed by atoms with Crippen molar-refractivity contribution in [3.05, 3.63) is 17.9 Å². The van der Waals surface area contributed by atoms with Crippen molar-refractivity contribution >= 4 is 10.0 Å². The van der Waals surface area contributed by atoms with Crippen molar-refractivity contribution in [2.45, 2.75) is 25.5 Å². The standard InChI is InChI=1S/C13H25N3O3S/c1-13(2,10-16(4)5)9-15-8-11-6-7-12(19-11)20(17,18)14-3/h6-7,14-15H,8-10H2,1-5H3. The molecular formula is C13H25N3O3S. The molecule has 2 N–H and O–H groups in total. The summed E-state index contributed by atoms with van der Waals surface area (Å²) in [5.41, 5.74) is 0.135. The minimum absolute atomic E-state index is 0.0515. The lowest BCUT2D eigenvalue weighted by atomic mass is 9.93. The van der Waals surface area contributed by atoms with Crippen LogP contribution < -0.4 is 10.0 Å². The molecule has 0 aliphatic carbocycles. The number of furan rings is 1. The number of nitrogens with one attached hydrogen (secondary N) is 2. The SMILES string of the molecule is CNS(=O)(=O)c1ccc(CNCC(C)(C)CN(C)C)o1. The van der Waals surface area contributed by atoms with Crippen LogP contribution in [0.2, 0.25) is 0 Å². The van der Waals surface area contributed by atoms with Gasteiger partial charge in [0.2, 0.25) is 5.09 Å². The summed E-state index contributed by atoms with van der Waals surface area (Å²) in [7, 11) is 1.95. The molecule has 0 saturated heterocycles. The minimum atomic E-state index is -3.50. The van der Waals surface area contributed by atoms with E-state index in [1.807, 2.05) is 14.1 Å². The number of hydrogen-bond donors (Lipinski definition) is 2. The molecule has 0 amide bonds. The zero-order valence-corrected chi connectivity index (χ0v) is 13.7. The maximum Gasteiger partial charge on any atom is 0.273 e. The van der Waals surface area contributed by atoms with Crippen LogP contribution in [0, 0.1) is 5.41 Å². The highest BCUT2D eigenvalue weighted by Gasteiger charge is 2.19. The van der Waals surface area contributed by atoms with Crippen LogP contribution in [0.25, 0.3) is 0 Å². The molecule has 0 aliphatic heterocycles. The predicted molar refractivity (Wildman–Crippen MR) is 79.0 cm³/mol. The van der Waals surface area contributed by atoms with E-state index >= 15 is 0 Å². The molecule has 116 valence electrons. The molecule has 6 nitrogen and oxygen atoms in total. The Bertz CT molecular complexity index is 521. The summed E-state index contributed by atoms with van der Waals surface area (Å²) in [6, 6.07) is 3.14. The highest BCUT2D eigenvalue weighted by atomic mass is 32.2. The molecule has 0 unspecified atom stereocenters. The maximum atomic E-state index is 11.5. The summed E-state index contributed by atoms with van der Waals surface area (Å²) in [5, 5.41) is 3.24.